The summed E-state index contributed by atoms with van der Waals surface area (Å²) in [6.45, 7) is 3.00. The Kier molecular flexibility index (Phi) is 5.19. The first kappa shape index (κ1) is 11.0. The molecule has 68 valence electrons. The predicted molar refractivity (Wildman–Crippen MR) is 45.9 cm³/mol. The number of carbonyl (C=O) groups is 2. The first-order valence-electron chi connectivity index (χ1n) is 3.41. The van der Waals surface area contributed by atoms with Crippen LogP contribution >= 0.6 is 12.2 Å². The van der Waals surface area contributed by atoms with Crippen LogP contribution in [0.3, 0.4) is 0 Å². The molecule has 0 amide bonds. The topological polar surface area (TPSA) is 52.6 Å². The lowest BCUT2D eigenvalue weighted by molar-refractivity contribution is -0.154. The molecule has 0 aliphatic rings. The van der Waals surface area contributed by atoms with Crippen LogP contribution in [-0.4, -0.2) is 30.0 Å². The van der Waals surface area contributed by atoms with Crippen molar-refractivity contribution in [1.82, 2.24) is 0 Å². The first-order chi connectivity index (χ1) is 5.57. The normalized spacial score (nSPS) is 8.83. The standard InChI is InChI=1S/C7H10O4S/c1-3-10-6(8)4-11-7(9)5(2)12/h3-4H2,1-2H3. The van der Waals surface area contributed by atoms with Crippen molar-refractivity contribution in [3.05, 3.63) is 0 Å². The molecule has 0 heterocycles. The highest BCUT2D eigenvalue weighted by Crippen LogP contribution is 1.85. The average Bonchev–Trinajstić information content (AvgIpc) is 2.00. The Bertz CT molecular complexity index is 200. The van der Waals surface area contributed by atoms with Crippen LogP contribution in [0, 0.1) is 0 Å². The highest BCUT2D eigenvalue weighted by atomic mass is 32.1. The van der Waals surface area contributed by atoms with Crippen molar-refractivity contribution >= 4 is 29.0 Å². The smallest absolute Gasteiger partial charge is 0.345 e. The van der Waals surface area contributed by atoms with Gasteiger partial charge in [-0.1, -0.05) is 12.2 Å². The molecule has 0 fully saturated rings. The Labute approximate surface area is 75.8 Å². The molecule has 0 N–H and O–H groups in total. The lowest BCUT2D eigenvalue weighted by atomic mass is 10.5. The molecule has 0 bridgehead atoms. The molecular weight excluding hydrogens is 180 g/mol. The van der Waals surface area contributed by atoms with Crippen molar-refractivity contribution in [2.24, 2.45) is 0 Å². The molecule has 12 heavy (non-hydrogen) atoms. The Morgan fingerprint density at radius 1 is 1.33 bits per heavy atom. The van der Waals surface area contributed by atoms with Crippen LogP contribution in [0.4, 0.5) is 0 Å². The van der Waals surface area contributed by atoms with Crippen molar-refractivity contribution in [3.63, 3.8) is 0 Å². The van der Waals surface area contributed by atoms with Crippen molar-refractivity contribution in [2.75, 3.05) is 13.2 Å². The summed E-state index contributed by atoms with van der Waals surface area (Å²) in [5.74, 6) is -1.22. The molecule has 0 unspecified atom stereocenters. The summed E-state index contributed by atoms with van der Waals surface area (Å²) in [6, 6.07) is 0. The van der Waals surface area contributed by atoms with Crippen LogP contribution < -0.4 is 0 Å². The maximum Gasteiger partial charge on any atom is 0.345 e. The summed E-state index contributed by atoms with van der Waals surface area (Å²) in [5.41, 5.74) is 0. The summed E-state index contributed by atoms with van der Waals surface area (Å²) in [7, 11) is 0. The third-order valence-corrected chi connectivity index (χ3v) is 1.08. The van der Waals surface area contributed by atoms with E-state index in [1.807, 2.05) is 0 Å². The van der Waals surface area contributed by atoms with Crippen LogP contribution in [-0.2, 0) is 19.1 Å². The fraction of sp³-hybridized carbons (Fsp3) is 0.571. The van der Waals surface area contributed by atoms with E-state index >= 15 is 0 Å². The lowest BCUT2D eigenvalue weighted by Crippen LogP contribution is -2.19. The van der Waals surface area contributed by atoms with Crippen molar-refractivity contribution in [2.45, 2.75) is 13.8 Å². The number of hydrogen-bond acceptors (Lipinski definition) is 5. The van der Waals surface area contributed by atoms with E-state index in [2.05, 4.69) is 21.7 Å². The molecule has 0 saturated carbocycles. The fourth-order valence-electron chi connectivity index (χ4n) is 0.429. The zero-order chi connectivity index (χ0) is 9.56. The van der Waals surface area contributed by atoms with Gasteiger partial charge in [-0.25, -0.2) is 9.59 Å². The van der Waals surface area contributed by atoms with Gasteiger partial charge in [-0.3, -0.25) is 0 Å². The van der Waals surface area contributed by atoms with E-state index in [1.165, 1.54) is 6.92 Å². The van der Waals surface area contributed by atoms with Gasteiger partial charge in [0.05, 0.1) is 11.5 Å². The molecular formula is C7H10O4S. The zero-order valence-electron chi connectivity index (χ0n) is 6.96. The van der Waals surface area contributed by atoms with Gasteiger partial charge in [0.15, 0.2) is 6.61 Å². The van der Waals surface area contributed by atoms with Gasteiger partial charge in [0.1, 0.15) is 0 Å². The molecule has 0 aromatic carbocycles. The van der Waals surface area contributed by atoms with E-state index in [0.717, 1.165) is 0 Å². The second kappa shape index (κ2) is 5.65. The number of esters is 2. The van der Waals surface area contributed by atoms with Crippen LogP contribution in [0.15, 0.2) is 0 Å². The summed E-state index contributed by atoms with van der Waals surface area (Å²) in [6.07, 6.45) is 0. The molecule has 0 atom stereocenters. The Balaban J connectivity index is 3.61. The number of rotatable bonds is 4. The van der Waals surface area contributed by atoms with E-state index in [4.69, 9.17) is 0 Å². The highest BCUT2D eigenvalue weighted by molar-refractivity contribution is 7.82. The maximum atomic E-state index is 10.7. The van der Waals surface area contributed by atoms with Crippen LogP contribution in [0.25, 0.3) is 0 Å². The molecule has 0 aliphatic carbocycles. The molecule has 4 nitrogen and oxygen atoms in total. The SMILES string of the molecule is CCOC(=O)COC(=O)C(C)=S. The molecule has 0 rings (SSSR count). The van der Waals surface area contributed by atoms with E-state index in [1.54, 1.807) is 6.92 Å². The summed E-state index contributed by atoms with van der Waals surface area (Å²) >= 11 is 4.51. The van der Waals surface area contributed by atoms with Gasteiger partial charge < -0.3 is 9.47 Å². The lowest BCUT2D eigenvalue weighted by Gasteiger charge is -2.02. The molecule has 5 heteroatoms. The van der Waals surface area contributed by atoms with Crippen LogP contribution in [0.5, 0.6) is 0 Å². The molecule has 0 radical (unpaired) electrons. The Hall–Kier alpha value is -0.970. The fourth-order valence-corrected chi connectivity index (χ4v) is 0.488. The van der Waals surface area contributed by atoms with Gasteiger partial charge in [0.25, 0.3) is 0 Å². The van der Waals surface area contributed by atoms with Gasteiger partial charge in [-0.05, 0) is 13.8 Å². The molecule has 0 spiro atoms. The minimum atomic E-state index is -0.655. The van der Waals surface area contributed by atoms with E-state index in [-0.39, 0.29) is 18.1 Å². The van der Waals surface area contributed by atoms with Gasteiger partial charge in [0, 0.05) is 0 Å². The molecule has 0 saturated heterocycles. The van der Waals surface area contributed by atoms with Crippen LogP contribution in [0.2, 0.25) is 0 Å². The molecule has 0 aliphatic heterocycles. The van der Waals surface area contributed by atoms with Crippen molar-refractivity contribution in [1.29, 1.82) is 0 Å². The van der Waals surface area contributed by atoms with E-state index < -0.39 is 11.9 Å². The molecule has 0 aromatic rings. The predicted octanol–water partition coefficient (Wildman–Crippen LogP) is 0.482. The zero-order valence-corrected chi connectivity index (χ0v) is 7.77. The third-order valence-electron chi connectivity index (χ3n) is 0.914. The summed E-state index contributed by atoms with van der Waals surface area (Å²) in [4.78, 5) is 21.4. The number of thiocarbonyl (C=S) groups is 1. The van der Waals surface area contributed by atoms with Gasteiger partial charge in [-0.2, -0.15) is 0 Å². The molecule has 0 aromatic heterocycles. The highest BCUT2D eigenvalue weighted by Gasteiger charge is 2.08. The second-order valence-electron chi connectivity index (χ2n) is 1.94. The number of carbonyl (C=O) groups excluding carboxylic acids is 2. The minimum absolute atomic E-state index is 0.0966. The quantitative estimate of drug-likeness (QED) is 0.477. The van der Waals surface area contributed by atoms with E-state index in [9.17, 15) is 9.59 Å². The monoisotopic (exact) mass is 190 g/mol. The third kappa shape index (κ3) is 4.79. The van der Waals surface area contributed by atoms with Crippen molar-refractivity contribution < 1.29 is 19.1 Å². The maximum absolute atomic E-state index is 10.7. The number of hydrogen-bond donors (Lipinski definition) is 0. The van der Waals surface area contributed by atoms with E-state index in [0.29, 0.717) is 0 Å². The number of ether oxygens (including phenoxy) is 2. The Morgan fingerprint density at radius 3 is 2.33 bits per heavy atom. The van der Waals surface area contributed by atoms with Crippen LogP contribution in [0.1, 0.15) is 13.8 Å². The van der Waals surface area contributed by atoms with Gasteiger partial charge in [0.2, 0.25) is 0 Å². The largest absolute Gasteiger partial charge is 0.463 e. The first-order valence-corrected chi connectivity index (χ1v) is 3.82. The second-order valence-corrected chi connectivity index (χ2v) is 2.55. The average molecular weight is 190 g/mol. The Morgan fingerprint density at radius 2 is 1.92 bits per heavy atom. The van der Waals surface area contributed by atoms with Crippen molar-refractivity contribution in [3.8, 4) is 0 Å². The minimum Gasteiger partial charge on any atom is -0.463 e. The van der Waals surface area contributed by atoms with Gasteiger partial charge >= 0.3 is 11.9 Å². The summed E-state index contributed by atoms with van der Waals surface area (Å²) in [5, 5.41) is 0. The summed E-state index contributed by atoms with van der Waals surface area (Å²) < 4.78 is 8.98. The van der Waals surface area contributed by atoms with Gasteiger partial charge in [-0.15, -0.1) is 0 Å².